The number of hydrogen-bond donors (Lipinski definition) is 2. The Morgan fingerprint density at radius 1 is 1.39 bits per heavy atom. The first-order valence-corrected chi connectivity index (χ1v) is 6.81. The van der Waals surface area contributed by atoms with Gasteiger partial charge in [-0.25, -0.2) is 4.98 Å². The molecule has 0 unspecified atom stereocenters. The van der Waals surface area contributed by atoms with Crippen LogP contribution in [0.25, 0.3) is 0 Å². The fourth-order valence-corrected chi connectivity index (χ4v) is 2.86. The van der Waals surface area contributed by atoms with Crippen LogP contribution in [0.2, 0.25) is 0 Å². The molecule has 0 saturated carbocycles. The zero-order chi connectivity index (χ0) is 13.0. The Balaban J connectivity index is 1.89. The van der Waals surface area contributed by atoms with Gasteiger partial charge >= 0.3 is 5.97 Å². The molecule has 1 aliphatic heterocycles. The van der Waals surface area contributed by atoms with Crippen LogP contribution in [0.1, 0.15) is 5.69 Å². The fourth-order valence-electron chi connectivity index (χ4n) is 1.98. The summed E-state index contributed by atoms with van der Waals surface area (Å²) in [7, 11) is 0. The van der Waals surface area contributed by atoms with E-state index in [9.17, 15) is 4.79 Å². The van der Waals surface area contributed by atoms with E-state index in [0.29, 0.717) is 5.69 Å². The van der Waals surface area contributed by atoms with Gasteiger partial charge < -0.3 is 15.1 Å². The van der Waals surface area contributed by atoms with Gasteiger partial charge in [0.15, 0.2) is 5.13 Å². The summed E-state index contributed by atoms with van der Waals surface area (Å²) in [5.74, 6) is -0.848. The number of hydrogen-bond acceptors (Lipinski definition) is 6. The first-order valence-electron chi connectivity index (χ1n) is 5.93. The maximum absolute atomic E-state index is 10.6. The summed E-state index contributed by atoms with van der Waals surface area (Å²) in [5.41, 5.74) is 0.625. The van der Waals surface area contributed by atoms with Crippen LogP contribution in [0.3, 0.4) is 0 Å². The Bertz CT molecular complexity index is 402. The molecule has 0 amide bonds. The highest BCUT2D eigenvalue weighted by Crippen LogP contribution is 2.22. The van der Waals surface area contributed by atoms with Crippen molar-refractivity contribution in [3.8, 4) is 0 Å². The van der Waals surface area contributed by atoms with Crippen LogP contribution in [0.15, 0.2) is 5.38 Å². The number of aliphatic carboxylic acids is 1. The van der Waals surface area contributed by atoms with Crippen molar-refractivity contribution in [1.82, 2.24) is 9.88 Å². The number of aliphatic hydroxyl groups is 1. The van der Waals surface area contributed by atoms with Crippen LogP contribution in [0.5, 0.6) is 0 Å². The molecule has 0 aliphatic carbocycles. The Hall–Kier alpha value is -1.18. The molecule has 7 heteroatoms. The molecule has 0 spiro atoms. The second-order valence-electron chi connectivity index (χ2n) is 4.24. The molecule has 6 nitrogen and oxygen atoms in total. The third-order valence-corrected chi connectivity index (χ3v) is 3.88. The number of carboxylic acids is 1. The van der Waals surface area contributed by atoms with Crippen LogP contribution >= 0.6 is 11.3 Å². The van der Waals surface area contributed by atoms with Gasteiger partial charge in [0.05, 0.1) is 18.7 Å². The SMILES string of the molecule is O=C(O)Cc1csc(N2CCN(CCO)CC2)n1. The van der Waals surface area contributed by atoms with Gasteiger partial charge in [-0.15, -0.1) is 11.3 Å². The van der Waals surface area contributed by atoms with Crippen molar-refractivity contribution in [2.75, 3.05) is 44.2 Å². The highest BCUT2D eigenvalue weighted by Gasteiger charge is 2.19. The molecule has 0 radical (unpaired) electrons. The topological polar surface area (TPSA) is 76.9 Å². The predicted molar refractivity (Wildman–Crippen MR) is 69.2 cm³/mol. The number of nitrogens with zero attached hydrogens (tertiary/aromatic N) is 3. The summed E-state index contributed by atoms with van der Waals surface area (Å²) in [5, 5.41) is 20.3. The Kier molecular flexibility index (Phi) is 4.51. The smallest absolute Gasteiger partial charge is 0.309 e. The molecule has 1 aromatic rings. The van der Waals surface area contributed by atoms with Gasteiger partial charge in [0.25, 0.3) is 0 Å². The minimum atomic E-state index is -0.848. The van der Waals surface area contributed by atoms with E-state index in [1.54, 1.807) is 0 Å². The molecule has 0 atom stereocenters. The number of β-amino-alcohol motifs (C(OH)–C–C–N with tert-alkyl or cyclic N) is 1. The van der Waals surface area contributed by atoms with Crippen molar-refractivity contribution in [2.24, 2.45) is 0 Å². The Morgan fingerprint density at radius 2 is 2.11 bits per heavy atom. The Labute approximate surface area is 109 Å². The maximum Gasteiger partial charge on any atom is 0.309 e. The van der Waals surface area contributed by atoms with E-state index in [4.69, 9.17) is 10.2 Å². The molecule has 2 rings (SSSR count). The van der Waals surface area contributed by atoms with Crippen LogP contribution < -0.4 is 4.90 Å². The molecule has 1 aromatic heterocycles. The third kappa shape index (κ3) is 3.41. The van der Waals surface area contributed by atoms with Crippen molar-refractivity contribution in [2.45, 2.75) is 6.42 Å². The predicted octanol–water partition coefficient (Wildman–Crippen LogP) is -0.116. The van der Waals surface area contributed by atoms with Crippen LogP contribution in [-0.4, -0.2) is 65.4 Å². The van der Waals surface area contributed by atoms with Gasteiger partial charge in [0.1, 0.15) is 0 Å². The number of anilines is 1. The standard InChI is InChI=1S/C11H17N3O3S/c15-6-5-13-1-3-14(4-2-13)11-12-9(8-18-11)7-10(16)17/h8,15H,1-7H2,(H,16,17). The lowest BCUT2D eigenvalue weighted by atomic mass is 10.3. The minimum Gasteiger partial charge on any atom is -0.481 e. The van der Waals surface area contributed by atoms with E-state index in [2.05, 4.69) is 14.8 Å². The van der Waals surface area contributed by atoms with Crippen LogP contribution in [0.4, 0.5) is 5.13 Å². The quantitative estimate of drug-likeness (QED) is 0.778. The lowest BCUT2D eigenvalue weighted by Crippen LogP contribution is -2.47. The molecule has 18 heavy (non-hydrogen) atoms. The van der Waals surface area contributed by atoms with Crippen molar-refractivity contribution in [1.29, 1.82) is 0 Å². The number of rotatable bonds is 5. The normalized spacial score (nSPS) is 17.1. The first-order chi connectivity index (χ1) is 8.69. The van der Waals surface area contributed by atoms with Gasteiger partial charge in [0.2, 0.25) is 0 Å². The summed E-state index contributed by atoms with van der Waals surface area (Å²) in [6, 6.07) is 0. The summed E-state index contributed by atoms with van der Waals surface area (Å²) in [6.07, 6.45) is -0.0129. The molecule has 0 bridgehead atoms. The van der Waals surface area contributed by atoms with Crippen molar-refractivity contribution >= 4 is 22.4 Å². The van der Waals surface area contributed by atoms with Gasteiger partial charge in [-0.3, -0.25) is 9.69 Å². The number of aliphatic hydroxyl groups excluding tert-OH is 1. The van der Waals surface area contributed by atoms with Crippen molar-refractivity contribution in [3.63, 3.8) is 0 Å². The number of thiazole rings is 1. The largest absolute Gasteiger partial charge is 0.481 e. The highest BCUT2D eigenvalue weighted by atomic mass is 32.1. The Morgan fingerprint density at radius 3 is 2.72 bits per heavy atom. The van der Waals surface area contributed by atoms with Crippen molar-refractivity contribution < 1.29 is 15.0 Å². The van der Waals surface area contributed by atoms with E-state index in [1.165, 1.54) is 11.3 Å². The van der Waals surface area contributed by atoms with Crippen LogP contribution in [-0.2, 0) is 11.2 Å². The molecule has 1 saturated heterocycles. The number of piperazine rings is 1. The average molecular weight is 271 g/mol. The molecule has 1 aliphatic rings. The zero-order valence-corrected chi connectivity index (χ0v) is 10.9. The monoisotopic (exact) mass is 271 g/mol. The average Bonchev–Trinajstić information content (AvgIpc) is 2.78. The second-order valence-corrected chi connectivity index (χ2v) is 5.08. The molecule has 100 valence electrons. The summed E-state index contributed by atoms with van der Waals surface area (Å²) in [4.78, 5) is 19.3. The highest BCUT2D eigenvalue weighted by molar-refractivity contribution is 7.13. The summed E-state index contributed by atoms with van der Waals surface area (Å²) in [6.45, 7) is 4.48. The van der Waals surface area contributed by atoms with Gasteiger partial charge in [-0.1, -0.05) is 0 Å². The molecule has 2 N–H and O–H groups in total. The number of carbonyl (C=O) groups is 1. The lowest BCUT2D eigenvalue weighted by molar-refractivity contribution is -0.136. The first kappa shape index (κ1) is 13.3. The summed E-state index contributed by atoms with van der Waals surface area (Å²) >= 11 is 1.50. The number of carboxylic acid groups (broad SMARTS) is 1. The van der Waals surface area contributed by atoms with Crippen LogP contribution in [0, 0.1) is 0 Å². The van der Waals surface area contributed by atoms with Gasteiger partial charge in [-0.2, -0.15) is 0 Å². The minimum absolute atomic E-state index is 0.0129. The second kappa shape index (κ2) is 6.12. The molecule has 0 aromatic carbocycles. The lowest BCUT2D eigenvalue weighted by Gasteiger charge is -2.34. The summed E-state index contributed by atoms with van der Waals surface area (Å²) < 4.78 is 0. The molecule has 1 fully saturated rings. The van der Waals surface area contributed by atoms with E-state index in [-0.39, 0.29) is 13.0 Å². The van der Waals surface area contributed by atoms with Gasteiger partial charge in [-0.05, 0) is 0 Å². The molecular formula is C11H17N3O3S. The number of aromatic nitrogens is 1. The zero-order valence-electron chi connectivity index (χ0n) is 10.1. The van der Waals surface area contributed by atoms with E-state index >= 15 is 0 Å². The molecule has 2 heterocycles. The molecular weight excluding hydrogens is 254 g/mol. The van der Waals surface area contributed by atoms with E-state index in [1.807, 2.05) is 5.38 Å². The maximum atomic E-state index is 10.6. The van der Waals surface area contributed by atoms with E-state index < -0.39 is 5.97 Å². The van der Waals surface area contributed by atoms with Gasteiger partial charge in [0, 0.05) is 38.1 Å². The fraction of sp³-hybridized carbons (Fsp3) is 0.636. The van der Waals surface area contributed by atoms with E-state index in [0.717, 1.165) is 37.9 Å². The van der Waals surface area contributed by atoms with Crippen molar-refractivity contribution in [3.05, 3.63) is 11.1 Å². The third-order valence-electron chi connectivity index (χ3n) is 2.93.